The summed E-state index contributed by atoms with van der Waals surface area (Å²) in [5.74, 6) is -0.834. The lowest BCUT2D eigenvalue weighted by Crippen LogP contribution is -2.29. The highest BCUT2D eigenvalue weighted by molar-refractivity contribution is 6.46. The van der Waals surface area contributed by atoms with Crippen molar-refractivity contribution in [1.82, 2.24) is 9.88 Å². The maximum absolute atomic E-state index is 13.3. The molecule has 36 heavy (non-hydrogen) atoms. The van der Waals surface area contributed by atoms with Gasteiger partial charge >= 0.3 is 0 Å². The summed E-state index contributed by atoms with van der Waals surface area (Å²) in [5.41, 5.74) is 3.89. The van der Waals surface area contributed by atoms with Crippen LogP contribution in [0.2, 0.25) is 0 Å². The summed E-state index contributed by atoms with van der Waals surface area (Å²) in [5, 5.41) is 11.4. The average molecular weight is 486 g/mol. The van der Waals surface area contributed by atoms with Crippen molar-refractivity contribution in [2.75, 3.05) is 25.6 Å². The Morgan fingerprint density at radius 3 is 2.47 bits per heavy atom. The van der Waals surface area contributed by atoms with Crippen molar-refractivity contribution >= 4 is 23.1 Å². The van der Waals surface area contributed by atoms with Gasteiger partial charge in [-0.3, -0.25) is 14.6 Å². The third-order valence-corrected chi connectivity index (χ3v) is 6.25. The molecule has 2 heterocycles. The topological polar surface area (TPSA) is 83.0 Å². The van der Waals surface area contributed by atoms with E-state index in [9.17, 15) is 14.7 Å². The number of ketones is 1. The van der Waals surface area contributed by atoms with Crippen LogP contribution in [0, 0.1) is 6.92 Å². The molecule has 0 aliphatic carbocycles. The van der Waals surface area contributed by atoms with Gasteiger partial charge < -0.3 is 19.6 Å². The Morgan fingerprint density at radius 1 is 1.11 bits per heavy atom. The fraction of sp³-hybridized carbons (Fsp3) is 0.276. The largest absolute Gasteiger partial charge is 0.507 e. The molecule has 4 rings (SSSR count). The van der Waals surface area contributed by atoms with Gasteiger partial charge in [0.15, 0.2) is 0 Å². The number of likely N-dealkylation sites (tertiary alicyclic amines) is 1. The minimum Gasteiger partial charge on any atom is -0.507 e. The third-order valence-electron chi connectivity index (χ3n) is 6.25. The number of amides is 1. The van der Waals surface area contributed by atoms with Crippen LogP contribution in [0.25, 0.3) is 5.76 Å². The van der Waals surface area contributed by atoms with Crippen molar-refractivity contribution in [3.05, 3.63) is 94.8 Å². The summed E-state index contributed by atoms with van der Waals surface area (Å²) < 4.78 is 5.75. The Balaban J connectivity index is 1.81. The Bertz CT molecular complexity index is 1280. The number of aryl methyl sites for hydroxylation is 1. The number of aromatic nitrogens is 1. The van der Waals surface area contributed by atoms with Crippen LogP contribution >= 0.6 is 0 Å². The van der Waals surface area contributed by atoms with Crippen molar-refractivity contribution in [3.63, 3.8) is 0 Å². The molecule has 7 nitrogen and oxygen atoms in total. The van der Waals surface area contributed by atoms with Gasteiger partial charge in [-0.2, -0.15) is 0 Å². The fourth-order valence-corrected chi connectivity index (χ4v) is 4.36. The molecular weight excluding hydrogens is 454 g/mol. The number of aliphatic hydroxyl groups excluding tert-OH is 1. The SMILES string of the molecule is CCCOc1ccc(C(O)=C2C(=O)C(=O)N(Cc3cccnc3)[C@H]2c2ccc(N(C)C)cc2)cc1C. The molecule has 1 aromatic heterocycles. The van der Waals surface area contributed by atoms with E-state index in [4.69, 9.17) is 4.74 Å². The zero-order chi connectivity index (χ0) is 25.8. The second-order valence-electron chi connectivity index (χ2n) is 9.10. The highest BCUT2D eigenvalue weighted by Gasteiger charge is 2.46. The van der Waals surface area contributed by atoms with Crippen molar-refractivity contribution in [2.24, 2.45) is 0 Å². The first kappa shape index (κ1) is 25.0. The Hall–Kier alpha value is -4.13. The van der Waals surface area contributed by atoms with Crippen LogP contribution in [0.1, 0.15) is 41.6 Å². The molecule has 3 aromatic rings. The summed E-state index contributed by atoms with van der Waals surface area (Å²) in [6.45, 7) is 4.71. The van der Waals surface area contributed by atoms with Crippen molar-refractivity contribution < 1.29 is 19.4 Å². The maximum atomic E-state index is 13.3. The van der Waals surface area contributed by atoms with Gasteiger partial charge in [0, 0.05) is 44.3 Å². The molecule has 1 saturated heterocycles. The van der Waals surface area contributed by atoms with Gasteiger partial charge in [0.1, 0.15) is 11.5 Å². The molecular formula is C29H31N3O4. The number of pyridine rings is 1. The van der Waals surface area contributed by atoms with Crippen LogP contribution in [0.4, 0.5) is 5.69 Å². The first-order chi connectivity index (χ1) is 17.3. The number of nitrogens with zero attached hydrogens (tertiary/aromatic N) is 3. The van der Waals surface area contributed by atoms with Crippen LogP contribution in [0.15, 0.2) is 72.6 Å². The van der Waals surface area contributed by atoms with E-state index in [2.05, 4.69) is 4.98 Å². The number of ether oxygens (including phenoxy) is 1. The zero-order valence-corrected chi connectivity index (χ0v) is 21.1. The summed E-state index contributed by atoms with van der Waals surface area (Å²) >= 11 is 0. The van der Waals surface area contributed by atoms with E-state index in [-0.39, 0.29) is 17.9 Å². The van der Waals surface area contributed by atoms with Crippen LogP contribution in [-0.4, -0.2) is 47.4 Å². The van der Waals surface area contributed by atoms with Gasteiger partial charge in [-0.15, -0.1) is 0 Å². The second kappa shape index (κ2) is 10.6. The molecule has 0 unspecified atom stereocenters. The van der Waals surface area contributed by atoms with E-state index < -0.39 is 17.7 Å². The zero-order valence-electron chi connectivity index (χ0n) is 21.1. The van der Waals surface area contributed by atoms with Gasteiger partial charge in [-0.1, -0.05) is 25.1 Å². The Morgan fingerprint density at radius 2 is 1.86 bits per heavy atom. The minimum absolute atomic E-state index is 0.0723. The number of benzene rings is 2. The van der Waals surface area contributed by atoms with E-state index in [0.717, 1.165) is 34.5 Å². The first-order valence-corrected chi connectivity index (χ1v) is 12.0. The number of carbonyl (C=O) groups is 2. The molecule has 1 fully saturated rings. The van der Waals surface area contributed by atoms with E-state index in [1.807, 2.05) is 63.2 Å². The van der Waals surface area contributed by atoms with Crippen LogP contribution in [0.5, 0.6) is 5.75 Å². The number of aliphatic hydroxyl groups is 1. The molecule has 186 valence electrons. The van der Waals surface area contributed by atoms with E-state index >= 15 is 0 Å². The Kier molecular flexibility index (Phi) is 7.38. The fourth-order valence-electron chi connectivity index (χ4n) is 4.36. The molecule has 0 saturated carbocycles. The van der Waals surface area contributed by atoms with E-state index in [1.54, 1.807) is 36.7 Å². The van der Waals surface area contributed by atoms with Crippen molar-refractivity contribution in [3.8, 4) is 5.75 Å². The minimum atomic E-state index is -0.738. The summed E-state index contributed by atoms with van der Waals surface area (Å²) in [6.07, 6.45) is 4.21. The normalized spacial score (nSPS) is 16.9. The van der Waals surface area contributed by atoms with Crippen LogP contribution < -0.4 is 9.64 Å². The molecule has 1 N–H and O–H groups in total. The molecule has 1 aliphatic heterocycles. The quantitative estimate of drug-likeness (QED) is 0.279. The van der Waals surface area contributed by atoms with Gasteiger partial charge in [0.2, 0.25) is 0 Å². The predicted molar refractivity (Wildman–Crippen MR) is 140 cm³/mol. The second-order valence-corrected chi connectivity index (χ2v) is 9.10. The molecule has 1 atom stereocenters. The number of hydrogen-bond acceptors (Lipinski definition) is 6. The van der Waals surface area contributed by atoms with Crippen LogP contribution in [-0.2, 0) is 16.1 Å². The van der Waals surface area contributed by atoms with Gasteiger partial charge in [-0.05, 0) is 66.4 Å². The smallest absolute Gasteiger partial charge is 0.295 e. The maximum Gasteiger partial charge on any atom is 0.295 e. The molecule has 0 bridgehead atoms. The lowest BCUT2D eigenvalue weighted by atomic mass is 9.94. The first-order valence-electron chi connectivity index (χ1n) is 12.0. The number of hydrogen-bond donors (Lipinski definition) is 1. The highest BCUT2D eigenvalue weighted by Crippen LogP contribution is 2.41. The summed E-state index contributed by atoms with van der Waals surface area (Å²) in [4.78, 5) is 34.2. The predicted octanol–water partition coefficient (Wildman–Crippen LogP) is 4.87. The molecule has 1 amide bonds. The van der Waals surface area contributed by atoms with Gasteiger partial charge in [0.25, 0.3) is 11.7 Å². The number of Topliss-reactive ketones (excluding diaryl/α,β-unsaturated/α-hetero) is 1. The standard InChI is InChI=1S/C29H31N3O4/c1-5-15-36-24-13-10-22(16-19(24)2)27(33)25-26(21-8-11-23(12-9-21)31(3)4)32(29(35)28(25)34)18-20-7-6-14-30-17-20/h6-14,16-17,26,33H,5,15,18H2,1-4H3/t26-/m0/s1. The van der Waals surface area contributed by atoms with Gasteiger partial charge in [-0.25, -0.2) is 0 Å². The summed E-state index contributed by atoms with van der Waals surface area (Å²) in [7, 11) is 3.89. The average Bonchev–Trinajstić information content (AvgIpc) is 3.13. The number of carbonyl (C=O) groups excluding carboxylic acids is 2. The lowest BCUT2D eigenvalue weighted by molar-refractivity contribution is -0.140. The van der Waals surface area contributed by atoms with Gasteiger partial charge in [0.05, 0.1) is 18.2 Å². The summed E-state index contributed by atoms with van der Waals surface area (Å²) in [6, 6.07) is 15.8. The van der Waals surface area contributed by atoms with E-state index in [1.165, 1.54) is 4.90 Å². The van der Waals surface area contributed by atoms with Crippen molar-refractivity contribution in [2.45, 2.75) is 32.9 Å². The van der Waals surface area contributed by atoms with Crippen LogP contribution in [0.3, 0.4) is 0 Å². The molecule has 0 radical (unpaired) electrons. The molecule has 1 aliphatic rings. The lowest BCUT2D eigenvalue weighted by Gasteiger charge is -2.26. The monoisotopic (exact) mass is 485 g/mol. The third kappa shape index (κ3) is 4.96. The Labute approximate surface area is 211 Å². The number of rotatable bonds is 8. The number of anilines is 1. The van der Waals surface area contributed by atoms with Crippen molar-refractivity contribution in [1.29, 1.82) is 0 Å². The molecule has 0 spiro atoms. The van der Waals surface area contributed by atoms with E-state index in [0.29, 0.717) is 12.2 Å². The highest BCUT2D eigenvalue weighted by atomic mass is 16.5. The molecule has 7 heteroatoms. The molecule has 2 aromatic carbocycles.